The summed E-state index contributed by atoms with van der Waals surface area (Å²) >= 11 is 0. The van der Waals surface area contributed by atoms with Crippen molar-refractivity contribution in [1.29, 1.82) is 0 Å². The minimum Gasteiger partial charge on any atom is -0.377 e. The standard InChI is InChI=1S/C19H25NO3S/c1-5-23-13-18-8-6-17(7-9-18)12-20-24(21,22)19-15(3)10-14(2)11-16(19)4/h6-11,20H,5,12-13H2,1-4H3. The van der Waals surface area contributed by atoms with Crippen molar-refractivity contribution in [2.75, 3.05) is 6.61 Å². The zero-order chi connectivity index (χ0) is 17.7. The summed E-state index contributed by atoms with van der Waals surface area (Å²) in [5, 5.41) is 0. The first-order valence-corrected chi connectivity index (χ1v) is 9.55. The van der Waals surface area contributed by atoms with Gasteiger partial charge < -0.3 is 4.74 Å². The van der Waals surface area contributed by atoms with Crippen molar-refractivity contribution in [3.63, 3.8) is 0 Å². The zero-order valence-corrected chi connectivity index (χ0v) is 15.5. The second kappa shape index (κ2) is 7.92. The lowest BCUT2D eigenvalue weighted by Crippen LogP contribution is -2.25. The summed E-state index contributed by atoms with van der Waals surface area (Å²) in [7, 11) is -3.54. The highest BCUT2D eigenvalue weighted by Crippen LogP contribution is 2.21. The monoisotopic (exact) mass is 347 g/mol. The van der Waals surface area contributed by atoms with Crippen molar-refractivity contribution in [2.24, 2.45) is 0 Å². The molecule has 0 fully saturated rings. The smallest absolute Gasteiger partial charge is 0.241 e. The third kappa shape index (κ3) is 4.66. The number of nitrogens with one attached hydrogen (secondary N) is 1. The van der Waals surface area contributed by atoms with Crippen molar-refractivity contribution in [3.8, 4) is 0 Å². The van der Waals surface area contributed by atoms with Crippen LogP contribution in [0.1, 0.15) is 34.7 Å². The van der Waals surface area contributed by atoms with E-state index in [0.717, 1.165) is 27.8 Å². The van der Waals surface area contributed by atoms with Crippen LogP contribution in [0.4, 0.5) is 0 Å². The molecule has 0 radical (unpaired) electrons. The van der Waals surface area contributed by atoms with Gasteiger partial charge in [-0.2, -0.15) is 0 Å². The van der Waals surface area contributed by atoms with E-state index in [9.17, 15) is 8.42 Å². The lowest BCUT2D eigenvalue weighted by molar-refractivity contribution is 0.134. The minimum absolute atomic E-state index is 0.268. The highest BCUT2D eigenvalue weighted by atomic mass is 32.2. The predicted octanol–water partition coefficient (Wildman–Crippen LogP) is 3.63. The lowest BCUT2D eigenvalue weighted by Gasteiger charge is -2.13. The Labute approximate surface area is 144 Å². The van der Waals surface area contributed by atoms with Gasteiger partial charge >= 0.3 is 0 Å². The summed E-state index contributed by atoms with van der Waals surface area (Å²) in [6.45, 7) is 9.10. The molecule has 0 unspecified atom stereocenters. The van der Waals surface area contributed by atoms with Gasteiger partial charge in [-0.15, -0.1) is 0 Å². The molecule has 24 heavy (non-hydrogen) atoms. The topological polar surface area (TPSA) is 55.4 Å². The molecule has 0 aliphatic heterocycles. The Hall–Kier alpha value is -1.69. The molecule has 5 heteroatoms. The molecule has 0 atom stereocenters. The Morgan fingerprint density at radius 1 is 0.958 bits per heavy atom. The molecule has 0 bridgehead atoms. The Kier molecular flexibility index (Phi) is 6.15. The average Bonchev–Trinajstić information content (AvgIpc) is 2.50. The van der Waals surface area contributed by atoms with Crippen LogP contribution in [0.15, 0.2) is 41.3 Å². The third-order valence-corrected chi connectivity index (χ3v) is 5.54. The fourth-order valence-electron chi connectivity index (χ4n) is 2.81. The molecule has 0 spiro atoms. The molecule has 0 amide bonds. The molecular weight excluding hydrogens is 322 g/mol. The van der Waals surface area contributed by atoms with E-state index < -0.39 is 10.0 Å². The number of hydrogen-bond donors (Lipinski definition) is 1. The summed E-state index contributed by atoms with van der Waals surface area (Å²) in [6.07, 6.45) is 0. The molecule has 0 saturated heterocycles. The summed E-state index contributed by atoms with van der Waals surface area (Å²) in [6, 6.07) is 11.6. The first kappa shape index (κ1) is 18.6. The van der Waals surface area contributed by atoms with Crippen LogP contribution in [-0.4, -0.2) is 15.0 Å². The maximum Gasteiger partial charge on any atom is 0.241 e. The van der Waals surface area contributed by atoms with Gasteiger partial charge in [-0.1, -0.05) is 42.0 Å². The van der Waals surface area contributed by atoms with Crippen LogP contribution in [-0.2, 0) is 27.9 Å². The van der Waals surface area contributed by atoms with Gasteiger partial charge in [0.05, 0.1) is 11.5 Å². The van der Waals surface area contributed by atoms with E-state index in [-0.39, 0.29) is 6.54 Å². The van der Waals surface area contributed by atoms with Gasteiger partial charge in [0.2, 0.25) is 10.0 Å². The normalized spacial score (nSPS) is 11.7. The van der Waals surface area contributed by atoms with Crippen LogP contribution in [0.25, 0.3) is 0 Å². The van der Waals surface area contributed by atoms with E-state index in [4.69, 9.17) is 4.74 Å². The average molecular weight is 347 g/mol. The highest BCUT2D eigenvalue weighted by molar-refractivity contribution is 7.89. The minimum atomic E-state index is -3.54. The predicted molar refractivity (Wildman–Crippen MR) is 96.5 cm³/mol. The van der Waals surface area contributed by atoms with Crippen LogP contribution >= 0.6 is 0 Å². The first-order chi connectivity index (χ1) is 11.3. The van der Waals surface area contributed by atoms with Gasteiger partial charge in [0.25, 0.3) is 0 Å². The highest BCUT2D eigenvalue weighted by Gasteiger charge is 2.19. The van der Waals surface area contributed by atoms with E-state index in [0.29, 0.717) is 18.1 Å². The Morgan fingerprint density at radius 2 is 1.50 bits per heavy atom. The van der Waals surface area contributed by atoms with Gasteiger partial charge in [0, 0.05) is 13.2 Å². The van der Waals surface area contributed by atoms with Gasteiger partial charge in [-0.05, 0) is 49.9 Å². The maximum atomic E-state index is 12.6. The number of aryl methyl sites for hydroxylation is 3. The van der Waals surface area contributed by atoms with E-state index in [1.165, 1.54) is 0 Å². The Morgan fingerprint density at radius 3 is 2.04 bits per heavy atom. The third-order valence-electron chi connectivity index (χ3n) is 3.84. The lowest BCUT2D eigenvalue weighted by atomic mass is 10.1. The van der Waals surface area contributed by atoms with Gasteiger partial charge in [-0.25, -0.2) is 13.1 Å². The van der Waals surface area contributed by atoms with E-state index in [1.54, 1.807) is 0 Å². The molecule has 2 aromatic rings. The molecule has 1 N–H and O–H groups in total. The number of rotatable bonds is 7. The number of benzene rings is 2. The van der Waals surface area contributed by atoms with Gasteiger partial charge in [0.1, 0.15) is 0 Å². The van der Waals surface area contributed by atoms with Crippen molar-refractivity contribution < 1.29 is 13.2 Å². The van der Waals surface area contributed by atoms with Crippen molar-refractivity contribution in [2.45, 2.75) is 45.7 Å². The van der Waals surface area contributed by atoms with Crippen LogP contribution in [0.5, 0.6) is 0 Å². The summed E-state index contributed by atoms with van der Waals surface area (Å²) in [5.74, 6) is 0. The molecule has 0 aromatic heterocycles. The second-order valence-corrected chi connectivity index (χ2v) is 7.71. The number of ether oxygens (including phenoxy) is 1. The largest absolute Gasteiger partial charge is 0.377 e. The SMILES string of the molecule is CCOCc1ccc(CNS(=O)(=O)c2c(C)cc(C)cc2C)cc1. The summed E-state index contributed by atoms with van der Waals surface area (Å²) < 4.78 is 33.3. The Bertz CT molecular complexity index is 773. The van der Waals surface area contributed by atoms with E-state index in [2.05, 4.69) is 4.72 Å². The first-order valence-electron chi connectivity index (χ1n) is 8.06. The summed E-state index contributed by atoms with van der Waals surface area (Å²) in [4.78, 5) is 0.376. The Balaban J connectivity index is 2.11. The van der Waals surface area contributed by atoms with Crippen molar-refractivity contribution in [3.05, 3.63) is 64.2 Å². The molecule has 4 nitrogen and oxygen atoms in total. The van der Waals surface area contributed by atoms with Crippen molar-refractivity contribution in [1.82, 2.24) is 4.72 Å². The fraction of sp³-hybridized carbons (Fsp3) is 0.368. The molecule has 0 heterocycles. The second-order valence-electron chi connectivity index (χ2n) is 6.01. The maximum absolute atomic E-state index is 12.6. The summed E-state index contributed by atoms with van der Waals surface area (Å²) in [5.41, 5.74) is 4.60. The van der Waals surface area contributed by atoms with Crippen LogP contribution in [0.2, 0.25) is 0 Å². The molecule has 0 aliphatic carbocycles. The molecule has 0 aliphatic rings. The molecule has 0 saturated carbocycles. The van der Waals surface area contributed by atoms with Crippen LogP contribution in [0.3, 0.4) is 0 Å². The number of hydrogen-bond acceptors (Lipinski definition) is 3. The fourth-order valence-corrected chi connectivity index (χ4v) is 4.28. The molecular formula is C19H25NO3S. The van der Waals surface area contributed by atoms with E-state index >= 15 is 0 Å². The zero-order valence-electron chi connectivity index (χ0n) is 14.7. The van der Waals surface area contributed by atoms with E-state index in [1.807, 2.05) is 64.1 Å². The van der Waals surface area contributed by atoms with Gasteiger partial charge in [-0.3, -0.25) is 0 Å². The number of sulfonamides is 1. The van der Waals surface area contributed by atoms with Crippen LogP contribution < -0.4 is 4.72 Å². The van der Waals surface area contributed by atoms with Crippen LogP contribution in [0, 0.1) is 20.8 Å². The quantitative estimate of drug-likeness (QED) is 0.832. The van der Waals surface area contributed by atoms with Crippen molar-refractivity contribution >= 4 is 10.0 Å². The molecule has 2 aromatic carbocycles. The molecule has 2 rings (SSSR count). The van der Waals surface area contributed by atoms with Gasteiger partial charge in [0.15, 0.2) is 0 Å². The molecule has 130 valence electrons.